The van der Waals surface area contributed by atoms with E-state index in [9.17, 15) is 19.5 Å². The Morgan fingerprint density at radius 1 is 1.12 bits per heavy atom. The van der Waals surface area contributed by atoms with Crippen LogP contribution in [0.15, 0.2) is 11.6 Å². The predicted molar refractivity (Wildman–Crippen MR) is 100 cm³/mol. The molecule has 1 N–H and O–H groups in total. The first-order valence-electron chi connectivity index (χ1n) is 9.60. The average molecular weight is 366 g/mol. The van der Waals surface area contributed by atoms with Gasteiger partial charge in [0.25, 0.3) is 0 Å². The third-order valence-corrected chi connectivity index (χ3v) is 5.40. The number of esters is 1. The fourth-order valence-corrected chi connectivity index (χ4v) is 3.92. The third kappa shape index (κ3) is 5.50. The van der Waals surface area contributed by atoms with Crippen molar-refractivity contribution in [2.24, 2.45) is 23.7 Å². The maximum absolute atomic E-state index is 12.7. The van der Waals surface area contributed by atoms with Crippen molar-refractivity contribution in [3.63, 3.8) is 0 Å². The zero-order valence-electron chi connectivity index (χ0n) is 17.2. The quantitative estimate of drug-likeness (QED) is 0.567. The molecule has 0 aromatic heterocycles. The number of cyclic esters (lactones) is 1. The highest BCUT2D eigenvalue weighted by molar-refractivity contribution is 5.99. The molecule has 0 amide bonds. The minimum Gasteiger partial charge on any atom is -0.458 e. The van der Waals surface area contributed by atoms with E-state index in [0.717, 1.165) is 0 Å². The average Bonchev–Trinajstić information content (AvgIpc) is 2.55. The molecule has 1 heterocycles. The molecule has 26 heavy (non-hydrogen) atoms. The molecule has 0 saturated heterocycles. The monoisotopic (exact) mass is 366 g/mol. The van der Waals surface area contributed by atoms with Gasteiger partial charge in [-0.25, -0.2) is 0 Å². The highest BCUT2D eigenvalue weighted by Gasteiger charge is 2.37. The summed E-state index contributed by atoms with van der Waals surface area (Å²) in [7, 11) is 0. The minimum atomic E-state index is -1.48. The fourth-order valence-electron chi connectivity index (χ4n) is 3.92. The van der Waals surface area contributed by atoms with Gasteiger partial charge >= 0.3 is 5.97 Å². The van der Waals surface area contributed by atoms with Crippen molar-refractivity contribution >= 4 is 17.5 Å². The molecular formula is C21H34O5. The van der Waals surface area contributed by atoms with Crippen LogP contribution in [0.1, 0.15) is 67.7 Å². The van der Waals surface area contributed by atoms with Crippen molar-refractivity contribution in [3.05, 3.63) is 11.6 Å². The lowest BCUT2D eigenvalue weighted by molar-refractivity contribution is -0.166. The Labute approximate surface area is 157 Å². The van der Waals surface area contributed by atoms with Gasteiger partial charge < -0.3 is 9.84 Å². The number of carbonyl (C=O) groups excluding carboxylic acids is 3. The summed E-state index contributed by atoms with van der Waals surface area (Å²) in [6, 6.07) is 0. The van der Waals surface area contributed by atoms with Crippen molar-refractivity contribution in [1.82, 2.24) is 0 Å². The molecule has 6 atom stereocenters. The van der Waals surface area contributed by atoms with Crippen LogP contribution in [0.2, 0.25) is 0 Å². The SMILES string of the molecule is CCC1OC(=O)C(C)C(=O)C(C)CC(C)C[C@@H](C)C(=O)/C(C)=C/[C@]1(C)O. The van der Waals surface area contributed by atoms with Gasteiger partial charge in [-0.05, 0) is 57.6 Å². The molecule has 1 aliphatic rings. The van der Waals surface area contributed by atoms with Crippen molar-refractivity contribution in [2.75, 3.05) is 0 Å². The summed E-state index contributed by atoms with van der Waals surface area (Å²) in [4.78, 5) is 37.7. The van der Waals surface area contributed by atoms with Gasteiger partial charge in [0.05, 0.1) is 0 Å². The molecule has 0 fully saturated rings. The first kappa shape index (κ1) is 22.6. The highest BCUT2D eigenvalue weighted by atomic mass is 16.6. The van der Waals surface area contributed by atoms with Crippen LogP contribution in [0.5, 0.6) is 0 Å². The Morgan fingerprint density at radius 3 is 2.19 bits per heavy atom. The molecule has 5 heteroatoms. The number of ether oxygens (including phenoxy) is 1. The molecule has 0 aromatic carbocycles. The van der Waals surface area contributed by atoms with Crippen LogP contribution in [0, 0.1) is 23.7 Å². The van der Waals surface area contributed by atoms with Gasteiger partial charge in [-0.1, -0.05) is 27.7 Å². The lowest BCUT2D eigenvalue weighted by Gasteiger charge is -2.31. The van der Waals surface area contributed by atoms with E-state index in [0.29, 0.717) is 24.8 Å². The lowest BCUT2D eigenvalue weighted by atomic mass is 9.82. The number of rotatable bonds is 1. The molecular weight excluding hydrogens is 332 g/mol. The van der Waals surface area contributed by atoms with Gasteiger partial charge in [0.1, 0.15) is 23.4 Å². The Morgan fingerprint density at radius 2 is 1.65 bits per heavy atom. The number of aliphatic hydroxyl groups is 1. The number of allylic oxidation sites excluding steroid dienone is 1. The van der Waals surface area contributed by atoms with E-state index >= 15 is 0 Å². The summed E-state index contributed by atoms with van der Waals surface area (Å²) in [5.74, 6) is -1.96. The molecule has 0 bridgehead atoms. The van der Waals surface area contributed by atoms with Crippen LogP contribution in [0.3, 0.4) is 0 Å². The maximum Gasteiger partial charge on any atom is 0.316 e. The van der Waals surface area contributed by atoms with E-state index in [2.05, 4.69) is 0 Å². The van der Waals surface area contributed by atoms with E-state index < -0.39 is 23.6 Å². The van der Waals surface area contributed by atoms with Crippen LogP contribution in [0.25, 0.3) is 0 Å². The first-order chi connectivity index (χ1) is 11.9. The van der Waals surface area contributed by atoms with Gasteiger partial charge in [-0.2, -0.15) is 0 Å². The smallest absolute Gasteiger partial charge is 0.316 e. The highest BCUT2D eigenvalue weighted by Crippen LogP contribution is 2.28. The van der Waals surface area contributed by atoms with Crippen LogP contribution in [-0.2, 0) is 19.1 Å². The topological polar surface area (TPSA) is 80.7 Å². The second kappa shape index (κ2) is 8.94. The number of hydrogen-bond donors (Lipinski definition) is 1. The second-order valence-electron chi connectivity index (χ2n) is 8.25. The summed E-state index contributed by atoms with van der Waals surface area (Å²) in [6.45, 7) is 12.3. The summed E-state index contributed by atoms with van der Waals surface area (Å²) >= 11 is 0. The Bertz CT molecular complexity index is 575. The summed E-state index contributed by atoms with van der Waals surface area (Å²) in [5, 5.41) is 10.8. The fraction of sp³-hybridized carbons (Fsp3) is 0.762. The van der Waals surface area contributed by atoms with Crippen LogP contribution in [0.4, 0.5) is 0 Å². The van der Waals surface area contributed by atoms with Gasteiger partial charge in [-0.15, -0.1) is 0 Å². The van der Waals surface area contributed by atoms with Gasteiger partial charge in [0, 0.05) is 11.8 Å². The maximum atomic E-state index is 12.7. The van der Waals surface area contributed by atoms with Crippen LogP contribution >= 0.6 is 0 Å². The minimum absolute atomic E-state index is 0.0253. The van der Waals surface area contributed by atoms with E-state index in [1.54, 1.807) is 20.8 Å². The largest absolute Gasteiger partial charge is 0.458 e. The van der Waals surface area contributed by atoms with Gasteiger partial charge in [-0.3, -0.25) is 14.4 Å². The molecule has 0 aromatic rings. The lowest BCUT2D eigenvalue weighted by Crippen LogP contribution is -2.43. The van der Waals surface area contributed by atoms with Crippen molar-refractivity contribution < 1.29 is 24.2 Å². The van der Waals surface area contributed by atoms with E-state index in [-0.39, 0.29) is 29.3 Å². The molecule has 1 rings (SSSR count). The van der Waals surface area contributed by atoms with Crippen molar-refractivity contribution in [3.8, 4) is 0 Å². The van der Waals surface area contributed by atoms with Gasteiger partial charge in [0.15, 0.2) is 5.78 Å². The van der Waals surface area contributed by atoms with Gasteiger partial charge in [0.2, 0.25) is 0 Å². The molecule has 0 radical (unpaired) electrons. The van der Waals surface area contributed by atoms with Crippen LogP contribution < -0.4 is 0 Å². The molecule has 4 unspecified atom stereocenters. The number of Topliss-reactive ketones (excluding diaryl/α,β-unsaturated/α-hetero) is 2. The molecule has 1 aliphatic heterocycles. The van der Waals surface area contributed by atoms with Crippen LogP contribution in [-0.4, -0.2) is 34.3 Å². The number of hydrogen-bond acceptors (Lipinski definition) is 5. The number of ketones is 2. The molecule has 0 aliphatic carbocycles. The normalized spacial score (nSPS) is 40.4. The first-order valence-corrected chi connectivity index (χ1v) is 9.60. The number of carbonyl (C=O) groups is 3. The molecule has 0 spiro atoms. The molecule has 148 valence electrons. The summed E-state index contributed by atoms with van der Waals surface area (Å²) in [6.07, 6.45) is 2.34. The second-order valence-corrected chi connectivity index (χ2v) is 8.25. The van der Waals surface area contributed by atoms with E-state index in [4.69, 9.17) is 4.74 Å². The Balaban J connectivity index is 3.29. The molecule has 5 nitrogen and oxygen atoms in total. The summed E-state index contributed by atoms with van der Waals surface area (Å²) < 4.78 is 5.46. The standard InChI is InChI=1S/C21H34O5/c1-8-17-21(7,25)11-15(5)18(22)13(3)9-12(2)10-14(4)19(23)16(6)20(24)26-17/h11-14,16-17,25H,8-10H2,1-7H3/b15-11+/t12?,13-,14?,16?,17?,21+/m1/s1. The van der Waals surface area contributed by atoms with Crippen molar-refractivity contribution in [2.45, 2.75) is 79.4 Å². The zero-order chi connectivity index (χ0) is 20.2. The van der Waals surface area contributed by atoms with Crippen molar-refractivity contribution in [1.29, 1.82) is 0 Å². The summed E-state index contributed by atoms with van der Waals surface area (Å²) in [5.41, 5.74) is -1.01. The zero-order valence-corrected chi connectivity index (χ0v) is 17.2. The Kier molecular flexibility index (Phi) is 7.75. The van der Waals surface area contributed by atoms with E-state index in [1.807, 2.05) is 20.8 Å². The third-order valence-electron chi connectivity index (χ3n) is 5.40. The molecule has 0 saturated carbocycles. The Hall–Kier alpha value is -1.49. The van der Waals surface area contributed by atoms with E-state index in [1.165, 1.54) is 13.0 Å². The predicted octanol–water partition coefficient (Wildman–Crippen LogP) is 3.48.